The summed E-state index contributed by atoms with van der Waals surface area (Å²) in [6.45, 7) is 6.61. The van der Waals surface area contributed by atoms with Crippen LogP contribution in [-0.4, -0.2) is 25.6 Å². The molecule has 1 unspecified atom stereocenters. The monoisotopic (exact) mass is 262 g/mol. The van der Waals surface area contributed by atoms with Crippen LogP contribution >= 0.6 is 0 Å². The largest absolute Gasteiger partial charge is 0.333 e. The van der Waals surface area contributed by atoms with Crippen molar-refractivity contribution in [2.45, 2.75) is 32.9 Å². The zero-order chi connectivity index (χ0) is 13.8. The highest BCUT2D eigenvalue weighted by atomic mass is 19.1. The van der Waals surface area contributed by atoms with Crippen molar-refractivity contribution in [2.75, 3.05) is 6.54 Å². The zero-order valence-electron chi connectivity index (χ0n) is 11.3. The summed E-state index contributed by atoms with van der Waals surface area (Å²) in [5.41, 5.74) is 0.706. The van der Waals surface area contributed by atoms with E-state index in [2.05, 4.69) is 34.7 Å². The van der Waals surface area contributed by atoms with E-state index >= 15 is 0 Å². The molecular formula is C13H17FN5+. The van der Waals surface area contributed by atoms with E-state index in [1.807, 2.05) is 17.7 Å². The Morgan fingerprint density at radius 1 is 1.21 bits per heavy atom. The van der Waals surface area contributed by atoms with Crippen LogP contribution in [0.4, 0.5) is 4.39 Å². The standard InChI is InChI=1S/C13H17FN5/c1-10(2)18-6-12(16-8-18)5-15-4-11(3)19-7-13(14)17-9-19/h6-11H,4H2,1-3H3/q+1. The fourth-order valence-corrected chi connectivity index (χ4v) is 1.58. The van der Waals surface area contributed by atoms with Gasteiger partial charge in [0.2, 0.25) is 11.6 Å². The molecule has 19 heavy (non-hydrogen) atoms. The molecule has 2 rings (SSSR count). The van der Waals surface area contributed by atoms with Gasteiger partial charge in [0.1, 0.15) is 6.04 Å². The fourth-order valence-electron chi connectivity index (χ4n) is 1.58. The SMILES string of the molecule is CC(C)n1cnc(C#[N+]CC(C)n2cnc(F)c2)c1. The van der Waals surface area contributed by atoms with Gasteiger partial charge in [0, 0.05) is 12.2 Å². The molecule has 6 heteroatoms. The zero-order valence-corrected chi connectivity index (χ0v) is 11.3. The van der Waals surface area contributed by atoms with Gasteiger partial charge < -0.3 is 9.13 Å². The summed E-state index contributed by atoms with van der Waals surface area (Å²) < 4.78 is 16.4. The van der Waals surface area contributed by atoms with Crippen LogP contribution in [0.3, 0.4) is 0 Å². The molecule has 2 aromatic heterocycles. The van der Waals surface area contributed by atoms with Crippen LogP contribution in [0, 0.1) is 12.0 Å². The average Bonchev–Trinajstić information content (AvgIpc) is 2.98. The van der Waals surface area contributed by atoms with E-state index < -0.39 is 5.95 Å². The highest BCUT2D eigenvalue weighted by Gasteiger charge is 2.11. The van der Waals surface area contributed by atoms with Crippen molar-refractivity contribution in [3.05, 3.63) is 41.5 Å². The first-order valence-electron chi connectivity index (χ1n) is 6.21. The predicted octanol–water partition coefficient (Wildman–Crippen LogP) is 2.74. The Morgan fingerprint density at radius 3 is 2.53 bits per heavy atom. The molecule has 0 aromatic carbocycles. The van der Waals surface area contributed by atoms with Crippen molar-refractivity contribution in [2.24, 2.45) is 0 Å². The second kappa shape index (κ2) is 5.65. The van der Waals surface area contributed by atoms with E-state index in [9.17, 15) is 4.39 Å². The lowest BCUT2D eigenvalue weighted by atomic mass is 10.3. The second-order valence-corrected chi connectivity index (χ2v) is 4.74. The fraction of sp³-hybridized carbons (Fsp3) is 0.462. The van der Waals surface area contributed by atoms with Crippen molar-refractivity contribution in [1.82, 2.24) is 19.1 Å². The summed E-state index contributed by atoms with van der Waals surface area (Å²) in [6, 6.07) is 3.30. The molecule has 2 heterocycles. The summed E-state index contributed by atoms with van der Waals surface area (Å²) in [4.78, 5) is 11.9. The summed E-state index contributed by atoms with van der Waals surface area (Å²) >= 11 is 0. The van der Waals surface area contributed by atoms with Crippen LogP contribution in [0.25, 0.3) is 4.85 Å². The number of nitrogens with zero attached hydrogens (tertiary/aromatic N) is 5. The van der Waals surface area contributed by atoms with E-state index in [1.54, 1.807) is 10.9 Å². The van der Waals surface area contributed by atoms with Gasteiger partial charge in [-0.2, -0.15) is 4.39 Å². The highest BCUT2D eigenvalue weighted by molar-refractivity contribution is 5.20. The van der Waals surface area contributed by atoms with Crippen LogP contribution in [-0.2, 0) is 0 Å². The molecule has 1 atom stereocenters. The Morgan fingerprint density at radius 2 is 1.95 bits per heavy atom. The lowest BCUT2D eigenvalue weighted by molar-refractivity contribution is 0.564. The van der Waals surface area contributed by atoms with E-state index in [0.717, 1.165) is 0 Å². The lowest BCUT2D eigenvalue weighted by Crippen LogP contribution is -2.04. The van der Waals surface area contributed by atoms with Crippen molar-refractivity contribution >= 4 is 0 Å². The van der Waals surface area contributed by atoms with Gasteiger partial charge in [-0.3, -0.25) is 0 Å². The van der Waals surface area contributed by atoms with E-state index in [-0.39, 0.29) is 6.04 Å². The van der Waals surface area contributed by atoms with Crippen molar-refractivity contribution in [3.63, 3.8) is 0 Å². The van der Waals surface area contributed by atoms with Gasteiger partial charge >= 0.3 is 6.07 Å². The normalized spacial score (nSPS) is 12.3. The van der Waals surface area contributed by atoms with Gasteiger partial charge in [-0.1, -0.05) is 4.85 Å². The third-order valence-electron chi connectivity index (χ3n) is 2.83. The van der Waals surface area contributed by atoms with Gasteiger partial charge in [-0.05, 0) is 20.8 Å². The van der Waals surface area contributed by atoms with Crippen molar-refractivity contribution in [1.29, 1.82) is 0 Å². The quantitative estimate of drug-likeness (QED) is 0.853. The molecule has 0 aliphatic carbocycles. The number of hydrogen-bond donors (Lipinski definition) is 0. The molecule has 2 aromatic rings. The Hall–Kier alpha value is -2.16. The molecule has 0 N–H and O–H groups in total. The number of hydrogen-bond acceptors (Lipinski definition) is 2. The number of imidazole rings is 2. The molecule has 0 aliphatic rings. The molecule has 0 radical (unpaired) electrons. The smallest absolute Gasteiger partial charge is 0.333 e. The van der Waals surface area contributed by atoms with Crippen LogP contribution in [0.2, 0.25) is 0 Å². The van der Waals surface area contributed by atoms with Gasteiger partial charge in [0.05, 0.1) is 18.9 Å². The van der Waals surface area contributed by atoms with E-state index in [0.29, 0.717) is 18.3 Å². The molecule has 0 saturated carbocycles. The molecule has 5 nitrogen and oxygen atoms in total. The Bertz CT molecular complexity index is 602. The summed E-state index contributed by atoms with van der Waals surface area (Å²) in [5.74, 6) is -0.476. The number of rotatable bonds is 3. The maximum Gasteiger partial charge on any atom is 0.333 e. The summed E-state index contributed by atoms with van der Waals surface area (Å²) in [5, 5.41) is 0. The lowest BCUT2D eigenvalue weighted by Gasteiger charge is -2.02. The first-order chi connectivity index (χ1) is 9.06. The maximum absolute atomic E-state index is 12.8. The third kappa shape index (κ3) is 3.41. The third-order valence-corrected chi connectivity index (χ3v) is 2.83. The minimum Gasteiger partial charge on any atom is -0.333 e. The van der Waals surface area contributed by atoms with Crippen molar-refractivity contribution in [3.8, 4) is 6.07 Å². The molecule has 0 fully saturated rings. The topological polar surface area (TPSA) is 40.0 Å². The Kier molecular flexibility index (Phi) is 3.95. The first kappa shape index (κ1) is 13.3. The molecule has 100 valence electrons. The number of aromatic nitrogens is 4. The van der Waals surface area contributed by atoms with Gasteiger partial charge in [-0.15, -0.1) is 0 Å². The number of halogens is 1. The minimum atomic E-state index is -0.476. The Balaban J connectivity index is 1.96. The van der Waals surface area contributed by atoms with E-state index in [4.69, 9.17) is 0 Å². The second-order valence-electron chi connectivity index (χ2n) is 4.74. The first-order valence-corrected chi connectivity index (χ1v) is 6.21. The van der Waals surface area contributed by atoms with Gasteiger partial charge in [0.15, 0.2) is 0 Å². The minimum absolute atomic E-state index is 0.0386. The van der Waals surface area contributed by atoms with Gasteiger partial charge in [0.25, 0.3) is 6.54 Å². The van der Waals surface area contributed by atoms with Gasteiger partial charge in [-0.25, -0.2) is 9.97 Å². The maximum atomic E-state index is 12.8. The Labute approximate surface area is 111 Å². The molecular weight excluding hydrogens is 245 g/mol. The molecule has 0 amide bonds. The van der Waals surface area contributed by atoms with Crippen LogP contribution in [0.15, 0.2) is 25.0 Å². The molecule has 0 saturated heterocycles. The van der Waals surface area contributed by atoms with E-state index in [1.165, 1.54) is 12.5 Å². The van der Waals surface area contributed by atoms with Crippen LogP contribution in [0.5, 0.6) is 0 Å². The average molecular weight is 262 g/mol. The predicted molar refractivity (Wildman–Crippen MR) is 70.7 cm³/mol. The van der Waals surface area contributed by atoms with Crippen molar-refractivity contribution < 1.29 is 4.39 Å². The molecule has 0 aliphatic heterocycles. The summed E-state index contributed by atoms with van der Waals surface area (Å²) in [7, 11) is 0. The highest BCUT2D eigenvalue weighted by Crippen LogP contribution is 2.07. The van der Waals surface area contributed by atoms with Crippen LogP contribution < -0.4 is 0 Å². The summed E-state index contributed by atoms with van der Waals surface area (Å²) in [6.07, 6.45) is 6.48. The molecule has 0 spiro atoms. The molecule has 0 bridgehead atoms. The van der Waals surface area contributed by atoms with Crippen LogP contribution in [0.1, 0.15) is 38.5 Å².